The van der Waals surface area contributed by atoms with Gasteiger partial charge in [-0.1, -0.05) is 65.9 Å². The Balaban J connectivity index is 1.26. The molecule has 72 heavy (non-hydrogen) atoms. The van der Waals surface area contributed by atoms with E-state index in [1.807, 2.05) is 78.5 Å². The van der Waals surface area contributed by atoms with E-state index in [1.54, 1.807) is 54.8 Å². The molecule has 0 spiro atoms. The van der Waals surface area contributed by atoms with E-state index in [0.717, 1.165) is 50.1 Å². The highest BCUT2D eigenvalue weighted by atomic mass is 16.6. The molecule has 4 heterocycles. The van der Waals surface area contributed by atoms with Crippen LogP contribution in [0, 0.1) is 0 Å². The first-order valence-corrected chi connectivity index (χ1v) is 24.4. The van der Waals surface area contributed by atoms with E-state index in [-0.39, 0.29) is 25.7 Å². The summed E-state index contributed by atoms with van der Waals surface area (Å²) in [6.07, 6.45) is 2.70. The first kappa shape index (κ1) is 52.6. The van der Waals surface area contributed by atoms with Gasteiger partial charge in [-0.15, -0.1) is 5.10 Å². The molecular weight excluding hydrogens is 917 g/mol. The van der Waals surface area contributed by atoms with Crippen molar-refractivity contribution in [1.82, 2.24) is 39.9 Å². The van der Waals surface area contributed by atoms with Gasteiger partial charge in [0.2, 0.25) is 0 Å². The highest BCUT2D eigenvalue weighted by Gasteiger charge is 2.43. The molecule has 0 aliphatic carbocycles. The van der Waals surface area contributed by atoms with Crippen LogP contribution >= 0.6 is 0 Å². The van der Waals surface area contributed by atoms with Crippen LogP contribution in [-0.4, -0.2) is 94.8 Å². The lowest BCUT2D eigenvalue weighted by Gasteiger charge is -2.43. The molecule has 1 saturated heterocycles. The van der Waals surface area contributed by atoms with Crippen molar-refractivity contribution in [2.75, 3.05) is 13.7 Å². The van der Waals surface area contributed by atoms with Gasteiger partial charge in [-0.05, 0) is 141 Å². The van der Waals surface area contributed by atoms with E-state index in [1.165, 1.54) is 10.0 Å². The van der Waals surface area contributed by atoms with E-state index >= 15 is 0 Å². The lowest BCUT2D eigenvalue weighted by atomic mass is 9.89. The topological polar surface area (TPSA) is 192 Å². The second-order valence-corrected chi connectivity index (χ2v) is 20.8. The zero-order valence-electron chi connectivity index (χ0n) is 43.3. The van der Waals surface area contributed by atoms with Gasteiger partial charge in [0.15, 0.2) is 0 Å². The standard InChI is InChI=1S/C55H68N8O9/c1-12-60-45-26-25-39(38-22-16-21-37(29-38)30-43(49(64)65)57-50(66)70-34-36-19-14-13-15-20-36)31-41(45)42(48(60)40-23-17-27-56-47(40)35(2)69-11)32-55(9,10)62-33-44(58-59-62)46-24-18-28-61(51(67)71-53(3,4)5)63(46)52(68)72-54(6,7)8/h13-17,19-23,25-27,29,31,33,35,43,46H,12,18,24,28,30,32,34H2,1-11H3,(H,57,66)(H,64,65)/t35-,43?,46?/m0/s1. The highest BCUT2D eigenvalue weighted by Crippen LogP contribution is 2.42. The van der Waals surface area contributed by atoms with Crippen molar-refractivity contribution in [2.45, 2.75) is 143 Å². The molecule has 1 fully saturated rings. The minimum Gasteiger partial charge on any atom is -0.480 e. The molecule has 0 bridgehead atoms. The first-order valence-electron chi connectivity index (χ1n) is 24.4. The summed E-state index contributed by atoms with van der Waals surface area (Å²) in [5, 5.41) is 25.7. The molecule has 3 amide bonds. The number of ether oxygens (including phenoxy) is 4. The van der Waals surface area contributed by atoms with Gasteiger partial charge in [-0.2, -0.15) is 0 Å². The van der Waals surface area contributed by atoms with Gasteiger partial charge in [0.25, 0.3) is 0 Å². The molecule has 17 nitrogen and oxygen atoms in total. The number of hydrogen-bond donors (Lipinski definition) is 2. The zero-order chi connectivity index (χ0) is 52.1. The predicted molar refractivity (Wildman–Crippen MR) is 273 cm³/mol. The van der Waals surface area contributed by atoms with E-state index in [2.05, 4.69) is 60.0 Å². The number of alkyl carbamates (subject to hydrolysis) is 1. The number of aliphatic carboxylic acids is 1. The van der Waals surface area contributed by atoms with Crippen molar-refractivity contribution < 1.29 is 43.2 Å². The van der Waals surface area contributed by atoms with E-state index in [0.29, 0.717) is 37.1 Å². The number of aryl methyl sites for hydroxylation is 1. The Labute approximate surface area is 421 Å². The molecule has 7 rings (SSSR count). The number of aromatic nitrogens is 5. The molecule has 3 aromatic heterocycles. The molecule has 2 N–H and O–H groups in total. The number of rotatable bonds is 15. The van der Waals surface area contributed by atoms with Crippen molar-refractivity contribution in [3.8, 4) is 22.4 Å². The molecule has 17 heteroatoms. The molecule has 0 saturated carbocycles. The number of fused-ring (bicyclic) bond motifs is 1. The number of carbonyl (C=O) groups excluding carboxylic acids is 3. The Kier molecular flexibility index (Phi) is 15.8. The fourth-order valence-electron chi connectivity index (χ4n) is 9.07. The largest absolute Gasteiger partial charge is 0.480 e. The number of carboxylic acids is 1. The molecule has 3 atom stereocenters. The van der Waals surface area contributed by atoms with Gasteiger partial charge in [-0.25, -0.2) is 33.9 Å². The SMILES string of the molecule is CCn1c(-c2cccnc2[C@H](C)OC)c(CC(C)(C)n2cc(C3CCCN(C(=O)OC(C)(C)C)N3C(=O)OC(C)(C)C)nn2)c2cc(-c3cccc(CC(NC(=O)OCc4ccccc4)C(=O)O)c3)ccc21. The summed E-state index contributed by atoms with van der Waals surface area (Å²) in [7, 11) is 1.67. The minimum atomic E-state index is -1.23. The first-order chi connectivity index (χ1) is 34.1. The third-order valence-corrected chi connectivity index (χ3v) is 12.5. The third kappa shape index (κ3) is 12.2. The molecule has 2 unspecified atom stereocenters. The fraction of sp³-hybridized carbons (Fsp3) is 0.436. The summed E-state index contributed by atoms with van der Waals surface area (Å²) < 4.78 is 27.0. The predicted octanol–water partition coefficient (Wildman–Crippen LogP) is 10.8. The Morgan fingerprint density at radius 3 is 2.22 bits per heavy atom. The molecular formula is C55H68N8O9. The quantitative estimate of drug-likeness (QED) is 0.0927. The number of pyridine rings is 1. The maximum atomic E-state index is 14.0. The Morgan fingerprint density at radius 1 is 0.847 bits per heavy atom. The van der Waals surface area contributed by atoms with E-state index < -0.39 is 53.1 Å². The van der Waals surface area contributed by atoms with Crippen molar-refractivity contribution in [3.05, 3.63) is 125 Å². The van der Waals surface area contributed by atoms with Gasteiger partial charge in [0, 0.05) is 49.3 Å². The van der Waals surface area contributed by atoms with E-state index in [9.17, 15) is 24.3 Å². The number of nitrogens with zero attached hydrogens (tertiary/aromatic N) is 7. The van der Waals surface area contributed by atoms with Crippen molar-refractivity contribution in [3.63, 3.8) is 0 Å². The number of carbonyl (C=O) groups is 4. The lowest BCUT2D eigenvalue weighted by molar-refractivity contribution is -0.139. The summed E-state index contributed by atoms with van der Waals surface area (Å²) in [5.41, 5.74) is 6.09. The molecule has 382 valence electrons. The number of benzene rings is 3. The molecule has 1 aliphatic heterocycles. The second-order valence-electron chi connectivity index (χ2n) is 20.8. The van der Waals surface area contributed by atoms with Crippen LogP contribution in [0.15, 0.2) is 97.3 Å². The number of hydrazine groups is 1. The molecule has 1 aliphatic rings. The normalized spacial score (nSPS) is 15.2. The van der Waals surface area contributed by atoms with Crippen molar-refractivity contribution >= 4 is 35.2 Å². The smallest absolute Gasteiger partial charge is 0.430 e. The Hall–Kier alpha value is -7.27. The highest BCUT2D eigenvalue weighted by molar-refractivity contribution is 5.95. The van der Waals surface area contributed by atoms with Gasteiger partial charge in [-0.3, -0.25) is 4.98 Å². The third-order valence-electron chi connectivity index (χ3n) is 12.5. The monoisotopic (exact) mass is 985 g/mol. The summed E-state index contributed by atoms with van der Waals surface area (Å²) in [5.74, 6) is -1.18. The van der Waals surface area contributed by atoms with Crippen LogP contribution in [0.5, 0.6) is 0 Å². The van der Waals surface area contributed by atoms with Gasteiger partial charge >= 0.3 is 24.2 Å². The van der Waals surface area contributed by atoms with Crippen LogP contribution in [0.3, 0.4) is 0 Å². The molecule has 3 aromatic carbocycles. The van der Waals surface area contributed by atoms with Gasteiger partial charge < -0.3 is 33.9 Å². The van der Waals surface area contributed by atoms with Crippen LogP contribution in [0.2, 0.25) is 0 Å². The number of methoxy groups -OCH3 is 1. The summed E-state index contributed by atoms with van der Waals surface area (Å²) in [4.78, 5) is 57.7. The molecule has 6 aromatic rings. The Morgan fingerprint density at radius 2 is 1.54 bits per heavy atom. The van der Waals surface area contributed by atoms with Crippen LogP contribution in [0.25, 0.3) is 33.3 Å². The zero-order valence-corrected chi connectivity index (χ0v) is 43.3. The average Bonchev–Trinajstić information content (AvgIpc) is 3.96. The van der Waals surface area contributed by atoms with E-state index in [4.69, 9.17) is 29.1 Å². The van der Waals surface area contributed by atoms with Crippen molar-refractivity contribution in [2.24, 2.45) is 0 Å². The lowest BCUT2D eigenvalue weighted by Crippen LogP contribution is -2.56. The van der Waals surface area contributed by atoms with Gasteiger partial charge in [0.05, 0.1) is 29.2 Å². The minimum absolute atomic E-state index is 0.0102. The maximum Gasteiger partial charge on any atom is 0.430 e. The second kappa shape index (κ2) is 21.6. The van der Waals surface area contributed by atoms with Crippen LogP contribution < -0.4 is 5.32 Å². The maximum absolute atomic E-state index is 14.0. The van der Waals surface area contributed by atoms with Crippen LogP contribution in [0.4, 0.5) is 14.4 Å². The summed E-state index contributed by atoms with van der Waals surface area (Å²) >= 11 is 0. The summed E-state index contributed by atoms with van der Waals surface area (Å²) in [6.45, 7) is 19.8. The van der Waals surface area contributed by atoms with Crippen molar-refractivity contribution in [1.29, 1.82) is 0 Å². The number of nitrogens with one attached hydrogen (secondary N) is 1. The number of hydrogen-bond acceptors (Lipinski definition) is 11. The fourth-order valence-corrected chi connectivity index (χ4v) is 9.07. The van der Waals surface area contributed by atoms with Crippen LogP contribution in [0.1, 0.15) is 122 Å². The van der Waals surface area contributed by atoms with Gasteiger partial charge in [0.1, 0.15) is 35.6 Å². The average molecular weight is 985 g/mol. The van der Waals surface area contributed by atoms with Crippen LogP contribution in [-0.2, 0) is 55.3 Å². The Bertz CT molecular complexity index is 2900. The molecule has 0 radical (unpaired) electrons. The summed E-state index contributed by atoms with van der Waals surface area (Å²) in [6, 6.07) is 25.3. The number of amides is 3. The number of carboxylic acid groups (broad SMARTS) is 1.